The van der Waals surface area contributed by atoms with Crippen molar-refractivity contribution in [1.29, 1.82) is 0 Å². The lowest BCUT2D eigenvalue weighted by molar-refractivity contribution is 0.0938. The van der Waals surface area contributed by atoms with E-state index < -0.39 is 5.91 Å². The normalized spacial score (nSPS) is 9.91. The van der Waals surface area contributed by atoms with Crippen LogP contribution in [0, 0.1) is 0 Å². The zero-order valence-corrected chi connectivity index (χ0v) is 14.8. The van der Waals surface area contributed by atoms with Crippen molar-refractivity contribution in [3.63, 3.8) is 0 Å². The molecule has 2 aromatic rings. The van der Waals surface area contributed by atoms with Gasteiger partial charge in [-0.05, 0) is 41.9 Å². The fraction of sp³-hybridized carbons (Fsp3) is 0. The minimum Gasteiger partial charge on any atom is -0.298 e. The molecule has 3 N–H and O–H groups in total. The number of hydrogen-bond donors (Lipinski definition) is 3. The van der Waals surface area contributed by atoms with Gasteiger partial charge in [-0.2, -0.15) is 0 Å². The molecule has 0 aliphatic rings. The number of thiocarbonyl (C=S) groups is 1. The van der Waals surface area contributed by atoms with E-state index in [4.69, 9.17) is 23.8 Å². The second-order valence-corrected chi connectivity index (χ2v) is 6.64. The van der Waals surface area contributed by atoms with Gasteiger partial charge in [0.1, 0.15) is 0 Å². The van der Waals surface area contributed by atoms with E-state index in [0.29, 0.717) is 14.4 Å². The Morgan fingerprint density at radius 3 is 2.64 bits per heavy atom. The summed E-state index contributed by atoms with van der Waals surface area (Å²) in [5.74, 6) is -0.818. The topological polar surface area (TPSA) is 70.2 Å². The third-order valence-electron chi connectivity index (χ3n) is 2.43. The van der Waals surface area contributed by atoms with Gasteiger partial charge in [-0.1, -0.05) is 33.6 Å². The lowest BCUT2D eigenvalue weighted by atomic mass is 10.2. The van der Waals surface area contributed by atoms with Gasteiger partial charge >= 0.3 is 0 Å². The van der Waals surface area contributed by atoms with Gasteiger partial charge in [-0.3, -0.25) is 25.8 Å². The molecule has 2 rings (SSSR count). The standard InChI is InChI=1S/C13H9BrClN3O2S2/c14-7-3-4-9(15)8(6-7)11(19)16-13(21)18-17-12(20)10-2-1-5-22-10/h1-6H,(H,17,20)(H2,16,18,19,21). The summed E-state index contributed by atoms with van der Waals surface area (Å²) < 4.78 is 0.715. The third-order valence-corrected chi connectivity index (χ3v) is 4.33. The van der Waals surface area contributed by atoms with Crippen LogP contribution in [0.25, 0.3) is 0 Å². The molecule has 0 saturated carbocycles. The van der Waals surface area contributed by atoms with E-state index in [2.05, 4.69) is 32.1 Å². The largest absolute Gasteiger partial charge is 0.298 e. The number of amides is 2. The molecule has 0 aliphatic heterocycles. The Morgan fingerprint density at radius 2 is 1.95 bits per heavy atom. The quantitative estimate of drug-likeness (QED) is 0.518. The highest BCUT2D eigenvalue weighted by Crippen LogP contribution is 2.20. The van der Waals surface area contributed by atoms with Crippen LogP contribution in [0.5, 0.6) is 0 Å². The van der Waals surface area contributed by atoms with Crippen molar-refractivity contribution < 1.29 is 9.59 Å². The number of thiophene rings is 1. The molecular formula is C13H9BrClN3O2S2. The number of halogens is 2. The van der Waals surface area contributed by atoms with Crippen LogP contribution in [-0.2, 0) is 0 Å². The van der Waals surface area contributed by atoms with Crippen LogP contribution >= 0.6 is 51.1 Å². The van der Waals surface area contributed by atoms with E-state index >= 15 is 0 Å². The van der Waals surface area contributed by atoms with Crippen molar-refractivity contribution in [1.82, 2.24) is 16.2 Å². The summed E-state index contributed by atoms with van der Waals surface area (Å²) >= 11 is 15.5. The molecule has 114 valence electrons. The Kier molecular flexibility index (Phi) is 5.90. The number of hydrazine groups is 1. The highest BCUT2D eigenvalue weighted by molar-refractivity contribution is 9.10. The zero-order valence-electron chi connectivity index (χ0n) is 10.9. The molecule has 0 fully saturated rings. The molecule has 0 atom stereocenters. The van der Waals surface area contributed by atoms with Crippen LogP contribution in [0.2, 0.25) is 5.02 Å². The summed E-state index contributed by atoms with van der Waals surface area (Å²) in [4.78, 5) is 24.3. The fourth-order valence-corrected chi connectivity index (χ4v) is 2.78. The molecule has 0 unspecified atom stereocenters. The molecule has 22 heavy (non-hydrogen) atoms. The predicted molar refractivity (Wildman–Crippen MR) is 94.1 cm³/mol. The Labute approximate surface area is 149 Å². The van der Waals surface area contributed by atoms with Gasteiger partial charge in [-0.15, -0.1) is 11.3 Å². The van der Waals surface area contributed by atoms with Gasteiger partial charge in [0.2, 0.25) is 0 Å². The molecule has 9 heteroatoms. The molecule has 1 heterocycles. The summed E-state index contributed by atoms with van der Waals surface area (Å²) in [7, 11) is 0. The SMILES string of the molecule is O=C(NNC(=S)NC(=O)c1cc(Br)ccc1Cl)c1cccs1. The maximum atomic E-state index is 12.0. The maximum Gasteiger partial charge on any atom is 0.279 e. The first kappa shape index (κ1) is 16.9. The number of carbonyl (C=O) groups excluding carboxylic acids is 2. The molecule has 0 bridgehead atoms. The van der Waals surface area contributed by atoms with Gasteiger partial charge in [0, 0.05) is 4.47 Å². The van der Waals surface area contributed by atoms with Crippen LogP contribution < -0.4 is 16.2 Å². The summed E-state index contributed by atoms with van der Waals surface area (Å²) in [6, 6.07) is 8.32. The number of hydrogen-bond acceptors (Lipinski definition) is 4. The molecule has 2 amide bonds. The van der Waals surface area contributed by atoms with Gasteiger partial charge in [0.15, 0.2) is 5.11 Å². The van der Waals surface area contributed by atoms with Crippen LogP contribution in [0.3, 0.4) is 0 Å². The first-order chi connectivity index (χ1) is 10.5. The molecular weight excluding hydrogens is 410 g/mol. The Bertz CT molecular complexity index is 722. The number of rotatable bonds is 2. The predicted octanol–water partition coefficient (Wildman–Crippen LogP) is 3.11. The summed E-state index contributed by atoms with van der Waals surface area (Å²) in [5, 5.41) is 4.47. The van der Waals surface area contributed by atoms with Crippen molar-refractivity contribution in [2.24, 2.45) is 0 Å². The smallest absolute Gasteiger partial charge is 0.279 e. The van der Waals surface area contributed by atoms with Gasteiger partial charge in [0.05, 0.1) is 15.5 Å². The molecule has 0 aliphatic carbocycles. The lowest BCUT2D eigenvalue weighted by Gasteiger charge is -2.11. The number of nitrogens with one attached hydrogen (secondary N) is 3. The van der Waals surface area contributed by atoms with Crippen LogP contribution in [0.1, 0.15) is 20.0 Å². The lowest BCUT2D eigenvalue weighted by Crippen LogP contribution is -2.48. The summed E-state index contributed by atoms with van der Waals surface area (Å²) in [5.41, 5.74) is 5.12. The highest BCUT2D eigenvalue weighted by Gasteiger charge is 2.13. The van der Waals surface area contributed by atoms with E-state index in [0.717, 1.165) is 0 Å². The molecule has 5 nitrogen and oxygen atoms in total. The molecule has 1 aromatic heterocycles. The number of carbonyl (C=O) groups is 2. The summed E-state index contributed by atoms with van der Waals surface area (Å²) in [6.45, 7) is 0. The van der Waals surface area contributed by atoms with Crippen LogP contribution in [0.4, 0.5) is 0 Å². The minimum atomic E-state index is -0.478. The van der Waals surface area contributed by atoms with Gasteiger partial charge in [0.25, 0.3) is 11.8 Å². The number of benzene rings is 1. The zero-order chi connectivity index (χ0) is 16.1. The molecule has 0 spiro atoms. The fourth-order valence-electron chi connectivity index (χ4n) is 1.46. The third kappa shape index (κ3) is 4.51. The Balaban J connectivity index is 1.90. The first-order valence-electron chi connectivity index (χ1n) is 5.87. The average molecular weight is 419 g/mol. The van der Waals surface area contributed by atoms with E-state index in [1.165, 1.54) is 11.3 Å². The first-order valence-corrected chi connectivity index (χ1v) is 8.33. The van der Waals surface area contributed by atoms with E-state index in [1.807, 2.05) is 0 Å². The van der Waals surface area contributed by atoms with Crippen molar-refractivity contribution in [3.8, 4) is 0 Å². The van der Waals surface area contributed by atoms with Crippen molar-refractivity contribution in [2.45, 2.75) is 0 Å². The second kappa shape index (κ2) is 7.68. The highest BCUT2D eigenvalue weighted by atomic mass is 79.9. The summed E-state index contributed by atoms with van der Waals surface area (Å²) in [6.07, 6.45) is 0. The Morgan fingerprint density at radius 1 is 1.18 bits per heavy atom. The van der Waals surface area contributed by atoms with Crippen LogP contribution in [0.15, 0.2) is 40.2 Å². The minimum absolute atomic E-state index is 0.0362. The average Bonchev–Trinajstić information content (AvgIpc) is 3.01. The van der Waals surface area contributed by atoms with E-state index in [-0.39, 0.29) is 16.6 Å². The maximum absolute atomic E-state index is 12.0. The Hall–Kier alpha value is -1.48. The van der Waals surface area contributed by atoms with Gasteiger partial charge < -0.3 is 0 Å². The van der Waals surface area contributed by atoms with Crippen LogP contribution in [-0.4, -0.2) is 16.9 Å². The van der Waals surface area contributed by atoms with Gasteiger partial charge in [-0.25, -0.2) is 0 Å². The van der Waals surface area contributed by atoms with E-state index in [1.54, 1.807) is 35.7 Å². The van der Waals surface area contributed by atoms with Crippen molar-refractivity contribution in [2.75, 3.05) is 0 Å². The molecule has 0 saturated heterocycles. The second-order valence-electron chi connectivity index (χ2n) is 3.96. The van der Waals surface area contributed by atoms with E-state index in [9.17, 15) is 9.59 Å². The van der Waals surface area contributed by atoms with Crippen molar-refractivity contribution in [3.05, 3.63) is 55.6 Å². The van der Waals surface area contributed by atoms with Crippen molar-refractivity contribution >= 4 is 68.0 Å². The molecule has 1 aromatic carbocycles. The molecule has 0 radical (unpaired) electrons. The monoisotopic (exact) mass is 417 g/mol.